The van der Waals surface area contributed by atoms with Gasteiger partial charge in [-0.3, -0.25) is 9.59 Å². The molecule has 0 radical (unpaired) electrons. The summed E-state index contributed by atoms with van der Waals surface area (Å²) in [4.78, 5) is 192. The molecule has 4 heterocycles. The number of methoxy groups -OCH3 is 1. The summed E-state index contributed by atoms with van der Waals surface area (Å²) in [7, 11) is 1.11. The van der Waals surface area contributed by atoms with Crippen LogP contribution in [0.25, 0.3) is 0 Å². The van der Waals surface area contributed by atoms with E-state index in [9.17, 15) is 38.4 Å². The van der Waals surface area contributed by atoms with E-state index in [1.165, 1.54) is 231 Å². The molecule has 34 heteroatoms. The fourth-order valence-electron chi connectivity index (χ4n) is 15.7. The van der Waals surface area contributed by atoms with E-state index >= 15 is 24.0 Å². The van der Waals surface area contributed by atoms with Crippen molar-refractivity contribution in [2.75, 3.05) is 33.5 Å². The van der Waals surface area contributed by atoms with Crippen LogP contribution in [0, 0.1) is 0 Å². The minimum atomic E-state index is -2.38. The van der Waals surface area contributed by atoms with Crippen LogP contribution in [0.3, 0.4) is 0 Å². The third-order valence-corrected chi connectivity index (χ3v) is 22.4. The van der Waals surface area contributed by atoms with Crippen molar-refractivity contribution in [1.29, 1.82) is 0 Å². The lowest BCUT2D eigenvalue weighted by Gasteiger charge is -2.50. The fraction of sp³-hybridized carbons (Fsp3) is 0.255. The van der Waals surface area contributed by atoms with Gasteiger partial charge in [0.2, 0.25) is 0 Å². The molecular weight excluding hydrogens is 1820 g/mol. The summed E-state index contributed by atoms with van der Waals surface area (Å²) in [5.74, 6) is -14.3. The summed E-state index contributed by atoms with van der Waals surface area (Å²) in [6.07, 6.45) is -42.6. The summed E-state index contributed by atoms with van der Waals surface area (Å²) in [5, 5.41) is 0. The lowest BCUT2D eigenvalue weighted by Crippen LogP contribution is -2.68. The summed E-state index contributed by atoms with van der Waals surface area (Å²) < 4.78 is 138. The Balaban J connectivity index is 0.907. The average molecular weight is 1910 g/mol. The van der Waals surface area contributed by atoms with Gasteiger partial charge in [-0.1, -0.05) is 200 Å². The number of benzene rings is 11. The van der Waals surface area contributed by atoms with Gasteiger partial charge in [0, 0.05) is 21.0 Å². The molecule has 0 saturated carbocycles. The minimum Gasteiger partial charge on any atom is -0.459 e. The molecule has 15 rings (SSSR count). The second-order valence-electron chi connectivity index (χ2n) is 31.9. The van der Waals surface area contributed by atoms with Gasteiger partial charge >= 0.3 is 77.6 Å². The highest BCUT2D eigenvalue weighted by Gasteiger charge is 2.62. The van der Waals surface area contributed by atoms with Gasteiger partial charge in [-0.15, -0.1) is 0 Å². The van der Waals surface area contributed by atoms with Gasteiger partial charge in [-0.25, -0.2) is 52.7 Å². The topological polar surface area (TPSA) is 416 Å². The van der Waals surface area contributed by atoms with Crippen molar-refractivity contribution >= 4 is 77.6 Å². The Bertz CT molecular complexity index is 6040. The van der Waals surface area contributed by atoms with Crippen LogP contribution >= 0.6 is 0 Å². The molecule has 720 valence electrons. The second-order valence-corrected chi connectivity index (χ2v) is 31.9. The quantitative estimate of drug-likeness (QED) is 0.0263. The molecular formula is C106H92O34. The van der Waals surface area contributed by atoms with Crippen molar-refractivity contribution in [3.05, 3.63) is 395 Å². The first-order valence-electron chi connectivity index (χ1n) is 44.3. The molecule has 0 bridgehead atoms. The number of hydrogen-bond donors (Lipinski definition) is 0. The summed E-state index contributed by atoms with van der Waals surface area (Å²) in [5.41, 5.74) is -0.879. The molecule has 11 aromatic carbocycles. The molecule has 4 aliphatic rings. The molecule has 140 heavy (non-hydrogen) atoms. The Morgan fingerprint density at radius 2 is 0.371 bits per heavy atom. The molecule has 0 amide bonds. The SMILES string of the molecule is CO[C@H]1O[C@H](CO[C@H]2O[C@H](COC(=O)c3ccccc3)[C@@H](OC(=O)c3ccccc3)[C@H](OC(=O)c3ccccc3)[C@@H]2O[C@H]2O[C@H](COC(=O)c3ccccc3)[C@@H](OC(=O)c3ccccc3)[C@H](OC(=O)c3ccccc3)[C@@H]2OC(C)=O)[C@@H](OC(=O)c2ccccc2)[C@H](O[C@H]2O[C@H](COC(=O)c3ccccc3)[C@@H](OC(=O)c3ccccc3)[C@H](OC(=O)c3ccccc3)[C@@H]2OC(C)=O)[C@@H]1OC(=O)c1ccccc1. The summed E-state index contributed by atoms with van der Waals surface area (Å²) in [6.45, 7) is -2.00. The minimum absolute atomic E-state index is 0.00693. The highest BCUT2D eigenvalue weighted by atomic mass is 16.8. The fourth-order valence-corrected chi connectivity index (χ4v) is 15.7. The molecule has 11 aromatic rings. The molecule has 4 saturated heterocycles. The zero-order valence-electron chi connectivity index (χ0n) is 75.0. The predicted octanol–water partition coefficient (Wildman–Crippen LogP) is 12.6. The van der Waals surface area contributed by atoms with Crippen molar-refractivity contribution in [3.63, 3.8) is 0 Å². The first-order valence-corrected chi connectivity index (χ1v) is 44.3. The van der Waals surface area contributed by atoms with Crippen LogP contribution in [-0.2, 0) is 109 Å². The number of carbonyl (C=O) groups excluding carboxylic acids is 13. The highest BCUT2D eigenvalue weighted by Crippen LogP contribution is 2.41. The first kappa shape index (κ1) is 98.7. The van der Waals surface area contributed by atoms with Crippen molar-refractivity contribution in [2.24, 2.45) is 0 Å². The Labute approximate surface area is 800 Å². The Morgan fingerprint density at radius 1 is 0.193 bits per heavy atom. The van der Waals surface area contributed by atoms with Crippen LogP contribution in [0.1, 0.15) is 128 Å². The lowest BCUT2D eigenvalue weighted by molar-refractivity contribution is -0.376. The van der Waals surface area contributed by atoms with Crippen molar-refractivity contribution in [3.8, 4) is 0 Å². The number of ether oxygens (including phenoxy) is 21. The summed E-state index contributed by atoms with van der Waals surface area (Å²) in [6, 6.07) is 81.8. The van der Waals surface area contributed by atoms with Gasteiger partial charge in [-0.2, -0.15) is 0 Å². The lowest BCUT2D eigenvalue weighted by atomic mass is 9.95. The maximum Gasteiger partial charge on any atom is 0.338 e. The maximum absolute atomic E-state index is 15.6. The van der Waals surface area contributed by atoms with E-state index in [1.54, 1.807) is 103 Å². The van der Waals surface area contributed by atoms with E-state index in [0.717, 1.165) is 21.0 Å². The summed E-state index contributed by atoms with van der Waals surface area (Å²) >= 11 is 0. The number of esters is 13. The number of carbonyl (C=O) groups is 13. The average Bonchev–Trinajstić information content (AvgIpc) is 0.757. The zero-order chi connectivity index (χ0) is 98.0. The van der Waals surface area contributed by atoms with Crippen molar-refractivity contribution < 1.29 is 162 Å². The van der Waals surface area contributed by atoms with Crippen molar-refractivity contribution in [2.45, 2.75) is 137 Å². The second kappa shape index (κ2) is 47.8. The van der Waals surface area contributed by atoms with Gasteiger partial charge in [0.25, 0.3) is 0 Å². The highest BCUT2D eigenvalue weighted by molar-refractivity contribution is 5.95. The molecule has 0 spiro atoms. The van der Waals surface area contributed by atoms with Gasteiger partial charge in [-0.05, 0) is 133 Å². The maximum atomic E-state index is 15.6. The van der Waals surface area contributed by atoms with Crippen LogP contribution in [0.15, 0.2) is 334 Å². The molecule has 34 nitrogen and oxygen atoms in total. The zero-order valence-corrected chi connectivity index (χ0v) is 75.0. The van der Waals surface area contributed by atoms with Gasteiger partial charge in [0.1, 0.15) is 50.3 Å². The van der Waals surface area contributed by atoms with Crippen molar-refractivity contribution in [1.82, 2.24) is 0 Å². The monoisotopic (exact) mass is 1910 g/mol. The Morgan fingerprint density at radius 3 is 0.607 bits per heavy atom. The van der Waals surface area contributed by atoms with Crippen LogP contribution in [0.4, 0.5) is 0 Å². The molecule has 4 fully saturated rings. The van der Waals surface area contributed by atoms with E-state index in [0.29, 0.717) is 0 Å². The van der Waals surface area contributed by atoms with Gasteiger partial charge in [0.15, 0.2) is 92.3 Å². The molecule has 0 N–H and O–H groups in total. The van der Waals surface area contributed by atoms with E-state index in [1.807, 2.05) is 0 Å². The van der Waals surface area contributed by atoms with Crippen LogP contribution in [0.5, 0.6) is 0 Å². The van der Waals surface area contributed by atoms with Crippen LogP contribution in [-0.4, -0.2) is 234 Å². The molecule has 0 aliphatic carbocycles. The van der Waals surface area contributed by atoms with Crippen LogP contribution in [0.2, 0.25) is 0 Å². The first-order chi connectivity index (χ1) is 68.1. The third-order valence-electron chi connectivity index (χ3n) is 22.4. The normalized spacial score (nSPS) is 24.0. The molecule has 20 atom stereocenters. The number of rotatable bonds is 35. The smallest absolute Gasteiger partial charge is 0.338 e. The third kappa shape index (κ3) is 25.3. The Kier molecular flexibility index (Phi) is 33.7. The standard InChI is InChI=1S/C106H92O34/c1-63(107)125-90-85(136-100(117)73-53-31-12-32-54-73)81(132-96(113)69-45-23-8-24-46-69)77(60-122-93(110)66-39-17-5-18-40-66)129-105(90)139-87-83(134-98(115)71-49-27-10-28-50-71)79(127-103(120-3)88(87)138-102(119)75-57-35-14-36-58-75)62-124-104-89(84(135-99(116)72-51-29-11-30-52-72)80(131-95(112)68-43-21-7-22-44-68)76(128-104)59-121-92(109)65-37-15-4-16-38-65)140-106-91(126-64(2)108)86(137-101(118)74-55-33-13-34-56-74)82(133-97(114)70-47-25-9-26-48-70)78(130-106)61-123-94(111)67-41-19-6-20-42-67/h4-58,76-91,103-106H,59-62H2,1-3H3/t76-,77-,78-,79-,80-,81-,82-,83-,84+,85+,86+,87+,88+,89+,90+,91+,103+,104+,105-,106-/m1/s1. The molecule has 0 aromatic heterocycles. The van der Waals surface area contributed by atoms with E-state index in [-0.39, 0.29) is 61.2 Å². The molecule has 0 unspecified atom stereocenters. The van der Waals surface area contributed by atoms with E-state index in [4.69, 9.17) is 99.5 Å². The van der Waals surface area contributed by atoms with Gasteiger partial charge < -0.3 is 99.5 Å². The number of hydrogen-bond acceptors (Lipinski definition) is 34. The van der Waals surface area contributed by atoms with Crippen LogP contribution < -0.4 is 0 Å². The van der Waals surface area contributed by atoms with E-state index < -0.39 is 227 Å². The molecule has 4 aliphatic heterocycles. The van der Waals surface area contributed by atoms with E-state index in [2.05, 4.69) is 0 Å². The van der Waals surface area contributed by atoms with Gasteiger partial charge in [0.05, 0.1) is 67.8 Å². The Hall–Kier alpha value is -15.8. The predicted molar refractivity (Wildman–Crippen MR) is 484 cm³/mol. The largest absolute Gasteiger partial charge is 0.459 e.